The number of ether oxygens (including phenoxy) is 3. The summed E-state index contributed by atoms with van der Waals surface area (Å²) in [5, 5.41) is 96.4. The van der Waals surface area contributed by atoms with Crippen molar-refractivity contribution in [2.45, 2.75) is 73.6 Å². The molecule has 12 atom stereocenters. The van der Waals surface area contributed by atoms with Crippen molar-refractivity contribution in [1.82, 2.24) is 0 Å². The zero-order chi connectivity index (χ0) is 20.5. The number of hydrogen-bond acceptors (Lipinski definition) is 13. The van der Waals surface area contributed by atoms with Gasteiger partial charge in [0, 0.05) is 0 Å². The van der Waals surface area contributed by atoms with Gasteiger partial charge in [0.1, 0.15) is 61.0 Å². The summed E-state index contributed by atoms with van der Waals surface area (Å²) in [5.74, 6) is 0. The Labute approximate surface area is 153 Å². The fourth-order valence-corrected chi connectivity index (χ4v) is 2.93. The van der Waals surface area contributed by atoms with Crippen molar-refractivity contribution in [2.24, 2.45) is 0 Å². The minimum atomic E-state index is -1.87. The monoisotopic (exact) mass is 402 g/mol. The quantitative estimate of drug-likeness (QED) is 0.199. The Bertz CT molecular complexity index is 466. The van der Waals surface area contributed by atoms with Gasteiger partial charge in [-0.3, -0.25) is 0 Å². The Morgan fingerprint density at radius 3 is 1.74 bits per heavy atom. The number of rotatable bonds is 6. The lowest BCUT2D eigenvalue weighted by atomic mass is 9.95. The highest BCUT2D eigenvalue weighted by Gasteiger charge is 2.48. The van der Waals surface area contributed by atoms with E-state index in [1.54, 1.807) is 0 Å². The Morgan fingerprint density at radius 2 is 1.19 bits per heavy atom. The second-order valence-corrected chi connectivity index (χ2v) is 6.55. The molecule has 2 aliphatic rings. The molecule has 2 saturated heterocycles. The van der Waals surface area contributed by atoms with E-state index in [0.717, 1.165) is 0 Å². The maximum absolute atomic E-state index is 10.1. The highest BCUT2D eigenvalue weighted by Crippen LogP contribution is 2.26. The van der Waals surface area contributed by atoms with E-state index in [2.05, 4.69) is 0 Å². The van der Waals surface area contributed by atoms with E-state index in [1.807, 2.05) is 0 Å². The second kappa shape index (κ2) is 9.32. The van der Waals surface area contributed by atoms with E-state index < -0.39 is 86.8 Å². The van der Waals surface area contributed by atoms with Crippen LogP contribution in [0, 0.1) is 0 Å². The molecule has 160 valence electrons. The summed E-state index contributed by atoms with van der Waals surface area (Å²) in [5.41, 5.74) is 0. The fraction of sp³-hybridized carbons (Fsp3) is 1.00. The van der Waals surface area contributed by atoms with E-state index in [9.17, 15) is 46.0 Å². The molecule has 0 saturated carbocycles. The first-order valence-corrected chi connectivity index (χ1v) is 8.26. The van der Waals surface area contributed by atoms with Crippen molar-refractivity contribution in [1.29, 1.82) is 0 Å². The molecule has 27 heavy (non-hydrogen) atoms. The van der Waals surface area contributed by atoms with Crippen LogP contribution in [-0.2, 0) is 14.2 Å². The van der Waals surface area contributed by atoms with Gasteiger partial charge in [0.2, 0.25) is 0 Å². The Hall–Kier alpha value is -0.520. The number of aliphatic hydroxyl groups excluding tert-OH is 10. The van der Waals surface area contributed by atoms with Gasteiger partial charge in [0.15, 0.2) is 12.6 Å². The molecule has 0 amide bonds. The van der Waals surface area contributed by atoms with Crippen LogP contribution < -0.4 is 0 Å². The lowest BCUT2D eigenvalue weighted by molar-refractivity contribution is -0.326. The molecule has 2 rings (SSSR count). The van der Waals surface area contributed by atoms with Gasteiger partial charge < -0.3 is 65.3 Å². The highest BCUT2D eigenvalue weighted by atomic mass is 16.7. The van der Waals surface area contributed by atoms with Crippen molar-refractivity contribution in [2.75, 3.05) is 13.2 Å². The van der Waals surface area contributed by atoms with Gasteiger partial charge in [-0.05, 0) is 0 Å². The molecule has 13 heteroatoms. The average Bonchev–Trinajstić information content (AvgIpc) is 2.65. The average molecular weight is 402 g/mol. The summed E-state index contributed by atoms with van der Waals surface area (Å²) in [4.78, 5) is 0. The molecular formula is C14H26O13. The van der Waals surface area contributed by atoms with Gasteiger partial charge in [-0.25, -0.2) is 0 Å². The van der Waals surface area contributed by atoms with Crippen molar-refractivity contribution in [3.05, 3.63) is 0 Å². The molecular weight excluding hydrogens is 376 g/mol. The van der Waals surface area contributed by atoms with E-state index in [-0.39, 0.29) is 0 Å². The minimum Gasteiger partial charge on any atom is -0.394 e. The van der Waals surface area contributed by atoms with E-state index in [0.29, 0.717) is 0 Å². The lowest BCUT2D eigenvalue weighted by Crippen LogP contribution is -2.63. The molecule has 0 spiro atoms. The first kappa shape index (κ1) is 22.8. The standard InChI is InChI=1S/C14H26O13/c15-1-3(16)11-8(21)6(19)10(23)14(27-11)25-2-4(17)12-7(20)5(18)9(22)13(24)26-12/h3-24H,1-2H2/t3-,4-,5-,6-,7-,8-,9-,10-,11+,12+,13-,14-/m0/s1. The van der Waals surface area contributed by atoms with E-state index in [4.69, 9.17) is 19.3 Å². The molecule has 2 fully saturated rings. The molecule has 2 aliphatic heterocycles. The minimum absolute atomic E-state index is 0.691. The summed E-state index contributed by atoms with van der Waals surface area (Å²) in [7, 11) is 0. The molecule has 0 aromatic rings. The van der Waals surface area contributed by atoms with Gasteiger partial charge in [-0.15, -0.1) is 0 Å². The fourth-order valence-electron chi connectivity index (χ4n) is 2.93. The van der Waals surface area contributed by atoms with Crippen molar-refractivity contribution >= 4 is 0 Å². The molecule has 0 aromatic carbocycles. The third-order valence-electron chi connectivity index (χ3n) is 4.61. The van der Waals surface area contributed by atoms with Crippen LogP contribution in [0.5, 0.6) is 0 Å². The number of aliphatic hydroxyl groups is 10. The Kier molecular flexibility index (Phi) is 7.86. The first-order valence-electron chi connectivity index (χ1n) is 8.26. The smallest absolute Gasteiger partial charge is 0.186 e. The first-order chi connectivity index (χ1) is 12.6. The normalized spacial score (nSPS) is 48.2. The summed E-state index contributed by atoms with van der Waals surface area (Å²) < 4.78 is 15.0. The summed E-state index contributed by atoms with van der Waals surface area (Å²) in [6.45, 7) is -1.50. The summed E-state index contributed by atoms with van der Waals surface area (Å²) in [6, 6.07) is 0. The van der Waals surface area contributed by atoms with Crippen molar-refractivity contribution < 1.29 is 65.3 Å². The zero-order valence-electron chi connectivity index (χ0n) is 14.0. The van der Waals surface area contributed by atoms with Crippen LogP contribution in [0.2, 0.25) is 0 Å². The van der Waals surface area contributed by atoms with Crippen LogP contribution in [0.25, 0.3) is 0 Å². The Morgan fingerprint density at radius 1 is 0.667 bits per heavy atom. The topological polar surface area (TPSA) is 230 Å². The second-order valence-electron chi connectivity index (χ2n) is 6.55. The van der Waals surface area contributed by atoms with Crippen LogP contribution in [-0.4, -0.2) is 138 Å². The highest BCUT2D eigenvalue weighted by molar-refractivity contribution is 4.94. The van der Waals surface area contributed by atoms with Gasteiger partial charge >= 0.3 is 0 Å². The molecule has 13 nitrogen and oxygen atoms in total. The van der Waals surface area contributed by atoms with Crippen molar-refractivity contribution in [3.8, 4) is 0 Å². The largest absolute Gasteiger partial charge is 0.394 e. The Balaban J connectivity index is 1.97. The third-order valence-corrected chi connectivity index (χ3v) is 4.61. The molecule has 0 aliphatic carbocycles. The van der Waals surface area contributed by atoms with Crippen LogP contribution >= 0.6 is 0 Å². The molecule has 2 heterocycles. The van der Waals surface area contributed by atoms with Crippen LogP contribution in [0.3, 0.4) is 0 Å². The molecule has 0 bridgehead atoms. The molecule has 0 aromatic heterocycles. The maximum Gasteiger partial charge on any atom is 0.186 e. The van der Waals surface area contributed by atoms with Crippen molar-refractivity contribution in [3.63, 3.8) is 0 Å². The van der Waals surface area contributed by atoms with E-state index >= 15 is 0 Å². The maximum atomic E-state index is 10.1. The predicted octanol–water partition coefficient (Wildman–Crippen LogP) is -6.68. The van der Waals surface area contributed by atoms with Gasteiger partial charge in [-0.2, -0.15) is 0 Å². The molecule has 0 unspecified atom stereocenters. The van der Waals surface area contributed by atoms with Gasteiger partial charge in [-0.1, -0.05) is 0 Å². The SMILES string of the molecule is OC[C@H](O)[C@H]1O[C@H](OC[C@H](O)[C@H]2O[C@H](O)[C@@H](O)[C@@H](O)[C@@H]2O)[C@@H](O)[C@@H](O)[C@@H]1O. The zero-order valence-corrected chi connectivity index (χ0v) is 14.0. The van der Waals surface area contributed by atoms with Gasteiger partial charge in [0.05, 0.1) is 13.2 Å². The molecule has 0 radical (unpaired) electrons. The number of hydrogen-bond donors (Lipinski definition) is 10. The molecule has 10 N–H and O–H groups in total. The van der Waals surface area contributed by atoms with E-state index in [1.165, 1.54) is 0 Å². The van der Waals surface area contributed by atoms with Crippen LogP contribution in [0.15, 0.2) is 0 Å². The van der Waals surface area contributed by atoms with Crippen LogP contribution in [0.1, 0.15) is 0 Å². The summed E-state index contributed by atoms with van der Waals surface area (Å²) in [6.07, 6.45) is -20.5. The predicted molar refractivity (Wildman–Crippen MR) is 80.6 cm³/mol. The van der Waals surface area contributed by atoms with Gasteiger partial charge in [0.25, 0.3) is 0 Å². The third kappa shape index (κ3) is 4.73. The lowest BCUT2D eigenvalue weighted by Gasteiger charge is -2.43. The summed E-state index contributed by atoms with van der Waals surface area (Å²) >= 11 is 0. The van der Waals surface area contributed by atoms with Crippen LogP contribution in [0.4, 0.5) is 0 Å².